The lowest BCUT2D eigenvalue weighted by Gasteiger charge is -2.29. The molecule has 8 heteroatoms. The molecular weight excluding hydrogens is 348 g/mol. The van der Waals surface area contributed by atoms with Crippen LogP contribution in [-0.4, -0.2) is 40.9 Å². The molecule has 130 valence electrons. The van der Waals surface area contributed by atoms with Crippen molar-refractivity contribution in [2.45, 2.75) is 31.6 Å². The molecule has 3 rings (SSSR count). The van der Waals surface area contributed by atoms with Gasteiger partial charge in [-0.1, -0.05) is 19.7 Å². The van der Waals surface area contributed by atoms with E-state index in [1.807, 2.05) is 0 Å². The maximum atomic E-state index is 12.9. The Labute approximate surface area is 146 Å². The van der Waals surface area contributed by atoms with Crippen LogP contribution in [0, 0.1) is 12.8 Å². The molecule has 1 saturated heterocycles. The van der Waals surface area contributed by atoms with Gasteiger partial charge in [0.05, 0.1) is 10.4 Å². The van der Waals surface area contributed by atoms with Gasteiger partial charge in [0.15, 0.2) is 0 Å². The van der Waals surface area contributed by atoms with E-state index in [1.165, 1.54) is 14.3 Å². The zero-order chi connectivity index (χ0) is 17.6. The summed E-state index contributed by atoms with van der Waals surface area (Å²) in [5.74, 6) is -0.550. The van der Waals surface area contributed by atoms with Crippen LogP contribution in [0.2, 0.25) is 0 Å². The first-order valence-electron chi connectivity index (χ1n) is 7.81. The second kappa shape index (κ2) is 6.09. The van der Waals surface area contributed by atoms with Crippen LogP contribution >= 0.6 is 12.8 Å². The zero-order valence-electron chi connectivity index (χ0n) is 13.6. The van der Waals surface area contributed by atoms with Crippen LogP contribution < -0.4 is 0 Å². The number of hydrogen-bond donors (Lipinski definition) is 2. The molecule has 1 N–H and O–H groups in total. The molecule has 6 nitrogen and oxygen atoms in total. The minimum Gasteiger partial charge on any atom is -0.477 e. The topological polar surface area (TPSA) is 79.6 Å². The van der Waals surface area contributed by atoms with E-state index in [0.29, 0.717) is 35.5 Å². The molecular formula is C16H20N2O4S2. The summed E-state index contributed by atoms with van der Waals surface area (Å²) in [5, 5.41) is 9.90. The molecule has 1 aliphatic heterocycles. The second-order valence-electron chi connectivity index (χ2n) is 6.36. The Balaban J connectivity index is 2.08. The average molecular weight is 368 g/mol. The summed E-state index contributed by atoms with van der Waals surface area (Å²) in [4.78, 5) is 11.6. The third kappa shape index (κ3) is 2.72. The van der Waals surface area contributed by atoms with Crippen LogP contribution in [-0.2, 0) is 10.0 Å². The smallest absolute Gasteiger partial charge is 0.353 e. The number of aromatic nitrogens is 1. The van der Waals surface area contributed by atoms with Crippen LogP contribution in [0.25, 0.3) is 10.9 Å². The number of carboxylic acids is 1. The highest BCUT2D eigenvalue weighted by Crippen LogP contribution is 2.31. The van der Waals surface area contributed by atoms with Gasteiger partial charge >= 0.3 is 5.97 Å². The average Bonchev–Trinajstić information content (AvgIpc) is 2.79. The van der Waals surface area contributed by atoms with E-state index in [1.54, 1.807) is 19.1 Å². The molecule has 0 saturated carbocycles. The lowest BCUT2D eigenvalue weighted by molar-refractivity contribution is 0.0689. The number of aryl methyl sites for hydroxylation is 1. The number of carbonyl (C=O) groups is 1. The molecule has 1 aromatic carbocycles. The normalized spacial score (nSPS) is 17.5. The molecule has 2 aromatic rings. The van der Waals surface area contributed by atoms with Crippen molar-refractivity contribution in [3.63, 3.8) is 0 Å². The van der Waals surface area contributed by atoms with Gasteiger partial charge in [0.2, 0.25) is 10.0 Å². The third-order valence-corrected chi connectivity index (χ3v) is 7.06. The Morgan fingerprint density at radius 1 is 1.29 bits per heavy atom. The van der Waals surface area contributed by atoms with Crippen molar-refractivity contribution in [3.05, 3.63) is 29.5 Å². The first kappa shape index (κ1) is 17.3. The number of benzene rings is 1. The molecule has 0 atom stereocenters. The van der Waals surface area contributed by atoms with Gasteiger partial charge in [-0.05, 0) is 49.4 Å². The van der Waals surface area contributed by atoms with Gasteiger partial charge in [0.1, 0.15) is 5.69 Å². The summed E-state index contributed by atoms with van der Waals surface area (Å²) in [6.45, 7) is 4.84. The van der Waals surface area contributed by atoms with E-state index in [0.717, 1.165) is 12.8 Å². The fourth-order valence-electron chi connectivity index (χ4n) is 3.19. The van der Waals surface area contributed by atoms with Crippen molar-refractivity contribution in [1.82, 2.24) is 8.28 Å². The summed E-state index contributed by atoms with van der Waals surface area (Å²) in [5.41, 5.74) is 1.14. The van der Waals surface area contributed by atoms with Crippen LogP contribution in [0.1, 0.15) is 35.8 Å². The number of carboxylic acid groups (broad SMARTS) is 1. The number of rotatable bonds is 3. The van der Waals surface area contributed by atoms with Crippen molar-refractivity contribution in [1.29, 1.82) is 0 Å². The molecule has 1 aliphatic rings. The van der Waals surface area contributed by atoms with Crippen molar-refractivity contribution < 1.29 is 18.3 Å². The Bertz CT molecular complexity index is 910. The SMILES string of the molecule is Cc1c(C(=O)O)n(S)c2ccc(S(=O)(=O)N3CCC(C)CC3)cc12. The molecule has 0 spiro atoms. The maximum Gasteiger partial charge on any atom is 0.353 e. The Morgan fingerprint density at radius 2 is 1.92 bits per heavy atom. The largest absolute Gasteiger partial charge is 0.477 e. The Hall–Kier alpha value is -1.51. The van der Waals surface area contributed by atoms with Gasteiger partial charge < -0.3 is 5.11 Å². The number of thiol groups is 1. The first-order chi connectivity index (χ1) is 11.2. The number of hydrogen-bond acceptors (Lipinski definition) is 4. The molecule has 2 heterocycles. The predicted molar refractivity (Wildman–Crippen MR) is 95.2 cm³/mol. The van der Waals surface area contributed by atoms with Crippen LogP contribution in [0.5, 0.6) is 0 Å². The first-order valence-corrected chi connectivity index (χ1v) is 9.65. The summed E-state index contributed by atoms with van der Waals surface area (Å²) in [7, 11) is -3.57. The van der Waals surface area contributed by atoms with E-state index >= 15 is 0 Å². The fraction of sp³-hybridized carbons (Fsp3) is 0.438. The highest BCUT2D eigenvalue weighted by molar-refractivity contribution is 7.89. The van der Waals surface area contributed by atoms with Crippen LogP contribution in [0.4, 0.5) is 0 Å². The maximum absolute atomic E-state index is 12.9. The lowest BCUT2D eigenvalue weighted by Crippen LogP contribution is -2.37. The Morgan fingerprint density at radius 3 is 2.50 bits per heavy atom. The van der Waals surface area contributed by atoms with Crippen molar-refractivity contribution >= 4 is 39.7 Å². The standard InChI is InChI=1S/C16H20N2O4S2/c1-10-5-7-17(8-6-10)24(21,22)12-3-4-14-13(9-12)11(2)15(16(19)20)18(14)23/h3-4,9-10,23H,5-8H2,1-2H3,(H,19,20). The van der Waals surface area contributed by atoms with E-state index in [2.05, 4.69) is 19.7 Å². The van der Waals surface area contributed by atoms with Gasteiger partial charge in [-0.2, -0.15) is 4.31 Å². The molecule has 1 aromatic heterocycles. The second-order valence-corrected chi connectivity index (χ2v) is 8.69. The molecule has 0 bridgehead atoms. The van der Waals surface area contributed by atoms with Gasteiger partial charge in [-0.3, -0.25) is 3.97 Å². The number of sulfonamides is 1. The van der Waals surface area contributed by atoms with E-state index in [-0.39, 0.29) is 10.6 Å². The quantitative estimate of drug-likeness (QED) is 0.817. The van der Waals surface area contributed by atoms with Gasteiger partial charge in [-0.25, -0.2) is 13.2 Å². The Kier molecular flexibility index (Phi) is 4.39. The van der Waals surface area contributed by atoms with Crippen molar-refractivity contribution in [3.8, 4) is 0 Å². The molecule has 24 heavy (non-hydrogen) atoms. The minimum atomic E-state index is -3.57. The zero-order valence-corrected chi connectivity index (χ0v) is 15.3. The minimum absolute atomic E-state index is 0.0506. The number of nitrogens with zero attached hydrogens (tertiary/aromatic N) is 2. The number of piperidine rings is 1. The highest BCUT2D eigenvalue weighted by atomic mass is 32.2. The van der Waals surface area contributed by atoms with Gasteiger partial charge in [0.25, 0.3) is 0 Å². The van der Waals surface area contributed by atoms with E-state index in [9.17, 15) is 18.3 Å². The summed E-state index contributed by atoms with van der Waals surface area (Å²) in [6.07, 6.45) is 1.72. The number of aromatic carboxylic acids is 1. The summed E-state index contributed by atoms with van der Waals surface area (Å²) >= 11 is 4.22. The van der Waals surface area contributed by atoms with Gasteiger partial charge in [-0.15, -0.1) is 0 Å². The third-order valence-electron chi connectivity index (χ3n) is 4.75. The van der Waals surface area contributed by atoms with Crippen molar-refractivity contribution in [2.75, 3.05) is 13.1 Å². The predicted octanol–water partition coefficient (Wildman–Crippen LogP) is 2.76. The van der Waals surface area contributed by atoms with E-state index in [4.69, 9.17) is 0 Å². The molecule has 0 unspecified atom stereocenters. The summed E-state index contributed by atoms with van der Waals surface area (Å²) < 4.78 is 28.5. The lowest BCUT2D eigenvalue weighted by atomic mass is 10.0. The fourth-order valence-corrected chi connectivity index (χ4v) is 5.10. The monoisotopic (exact) mass is 368 g/mol. The molecule has 1 fully saturated rings. The van der Waals surface area contributed by atoms with Crippen molar-refractivity contribution in [2.24, 2.45) is 5.92 Å². The molecule has 0 aliphatic carbocycles. The van der Waals surface area contributed by atoms with Crippen LogP contribution in [0.15, 0.2) is 23.1 Å². The summed E-state index contributed by atoms with van der Waals surface area (Å²) in [6, 6.07) is 4.69. The highest BCUT2D eigenvalue weighted by Gasteiger charge is 2.29. The van der Waals surface area contributed by atoms with E-state index < -0.39 is 16.0 Å². The molecule has 0 radical (unpaired) electrons. The molecule has 0 amide bonds. The number of fused-ring (bicyclic) bond motifs is 1. The van der Waals surface area contributed by atoms with Crippen LogP contribution in [0.3, 0.4) is 0 Å². The van der Waals surface area contributed by atoms with Gasteiger partial charge in [0, 0.05) is 18.5 Å².